The SMILES string of the molecule is CS(=O)(=O)c1ccc(-c2cnc3ccc(OC4CCCCC4)nn23)cc1. The highest BCUT2D eigenvalue weighted by Crippen LogP contribution is 2.25. The van der Waals surface area contributed by atoms with E-state index in [0.29, 0.717) is 10.8 Å². The summed E-state index contributed by atoms with van der Waals surface area (Å²) >= 11 is 0. The molecule has 1 saturated carbocycles. The van der Waals surface area contributed by atoms with E-state index < -0.39 is 9.84 Å². The van der Waals surface area contributed by atoms with Crippen LogP contribution in [0.15, 0.2) is 47.5 Å². The van der Waals surface area contributed by atoms with Gasteiger partial charge in [0, 0.05) is 17.9 Å². The van der Waals surface area contributed by atoms with Crippen LogP contribution in [0.2, 0.25) is 0 Å². The molecule has 3 aromatic rings. The number of rotatable bonds is 4. The molecule has 0 saturated heterocycles. The summed E-state index contributed by atoms with van der Waals surface area (Å²) in [5, 5.41) is 4.59. The van der Waals surface area contributed by atoms with Gasteiger partial charge in [-0.05, 0) is 43.9 Å². The Kier molecular flexibility index (Phi) is 4.40. The molecular weight excluding hydrogens is 350 g/mol. The topological polar surface area (TPSA) is 73.6 Å². The molecule has 2 heterocycles. The summed E-state index contributed by atoms with van der Waals surface area (Å²) in [5.74, 6) is 0.594. The van der Waals surface area contributed by atoms with Gasteiger partial charge in [0.2, 0.25) is 5.88 Å². The second-order valence-electron chi connectivity index (χ2n) is 6.76. The first-order valence-corrected chi connectivity index (χ1v) is 10.7. The third kappa shape index (κ3) is 3.44. The van der Waals surface area contributed by atoms with E-state index in [4.69, 9.17) is 4.74 Å². The number of ether oxygens (including phenoxy) is 1. The maximum atomic E-state index is 11.6. The molecule has 136 valence electrons. The Bertz CT molecular complexity index is 1020. The van der Waals surface area contributed by atoms with Crippen LogP contribution in [0, 0.1) is 0 Å². The van der Waals surface area contributed by atoms with Gasteiger partial charge in [-0.3, -0.25) is 0 Å². The molecule has 0 atom stereocenters. The number of imidazole rings is 1. The van der Waals surface area contributed by atoms with Crippen LogP contribution in [0.25, 0.3) is 16.9 Å². The average molecular weight is 371 g/mol. The van der Waals surface area contributed by atoms with Crippen molar-refractivity contribution in [3.05, 3.63) is 42.6 Å². The lowest BCUT2D eigenvalue weighted by molar-refractivity contribution is 0.147. The van der Waals surface area contributed by atoms with Gasteiger partial charge in [0.05, 0.1) is 16.8 Å². The first kappa shape index (κ1) is 17.0. The van der Waals surface area contributed by atoms with Crippen LogP contribution in [-0.4, -0.2) is 35.4 Å². The highest BCUT2D eigenvalue weighted by atomic mass is 32.2. The van der Waals surface area contributed by atoms with Crippen molar-refractivity contribution in [3.63, 3.8) is 0 Å². The third-order valence-corrected chi connectivity index (χ3v) is 5.88. The van der Waals surface area contributed by atoms with E-state index in [1.165, 1.54) is 25.5 Å². The maximum absolute atomic E-state index is 11.6. The maximum Gasteiger partial charge on any atom is 0.232 e. The fourth-order valence-corrected chi connectivity index (χ4v) is 3.97. The highest BCUT2D eigenvalue weighted by Gasteiger charge is 2.16. The summed E-state index contributed by atoms with van der Waals surface area (Å²) in [4.78, 5) is 4.68. The van der Waals surface area contributed by atoms with Crippen LogP contribution >= 0.6 is 0 Å². The average Bonchev–Trinajstić information content (AvgIpc) is 3.05. The van der Waals surface area contributed by atoms with Crippen LogP contribution in [0.3, 0.4) is 0 Å². The molecule has 0 amide bonds. The summed E-state index contributed by atoms with van der Waals surface area (Å²) in [6.07, 6.45) is 9.00. The van der Waals surface area contributed by atoms with Crippen LogP contribution in [-0.2, 0) is 9.84 Å². The van der Waals surface area contributed by atoms with Gasteiger partial charge >= 0.3 is 0 Å². The minimum absolute atomic E-state index is 0.231. The molecule has 1 aliphatic rings. The van der Waals surface area contributed by atoms with Crippen molar-refractivity contribution in [3.8, 4) is 17.1 Å². The second-order valence-corrected chi connectivity index (χ2v) is 8.78. The number of hydrogen-bond acceptors (Lipinski definition) is 5. The molecule has 0 aliphatic heterocycles. The summed E-state index contributed by atoms with van der Waals surface area (Å²) in [6.45, 7) is 0. The number of fused-ring (bicyclic) bond motifs is 1. The number of aromatic nitrogens is 3. The molecule has 0 spiro atoms. The molecule has 0 bridgehead atoms. The summed E-state index contributed by atoms with van der Waals surface area (Å²) in [6, 6.07) is 10.5. The molecule has 2 aromatic heterocycles. The van der Waals surface area contributed by atoms with E-state index in [2.05, 4.69) is 10.1 Å². The Morgan fingerprint density at radius 3 is 2.46 bits per heavy atom. The molecule has 26 heavy (non-hydrogen) atoms. The van der Waals surface area contributed by atoms with E-state index in [1.807, 2.05) is 12.1 Å². The van der Waals surface area contributed by atoms with E-state index >= 15 is 0 Å². The third-order valence-electron chi connectivity index (χ3n) is 4.76. The van der Waals surface area contributed by atoms with Gasteiger partial charge in [0.15, 0.2) is 15.5 Å². The van der Waals surface area contributed by atoms with E-state index in [-0.39, 0.29) is 6.10 Å². The lowest BCUT2D eigenvalue weighted by Crippen LogP contribution is -2.20. The summed E-state index contributed by atoms with van der Waals surface area (Å²) in [5.41, 5.74) is 2.38. The van der Waals surface area contributed by atoms with Crippen molar-refractivity contribution >= 4 is 15.5 Å². The van der Waals surface area contributed by atoms with Crippen molar-refractivity contribution in [2.75, 3.05) is 6.26 Å². The van der Waals surface area contributed by atoms with Crippen molar-refractivity contribution in [2.45, 2.75) is 43.1 Å². The first-order valence-electron chi connectivity index (χ1n) is 8.83. The summed E-state index contributed by atoms with van der Waals surface area (Å²) < 4.78 is 31.1. The van der Waals surface area contributed by atoms with E-state index in [1.54, 1.807) is 35.0 Å². The molecule has 1 aliphatic carbocycles. The molecule has 1 aromatic carbocycles. The number of nitrogens with zero attached hydrogens (tertiary/aromatic N) is 3. The minimum atomic E-state index is -3.21. The first-order chi connectivity index (χ1) is 12.5. The van der Waals surface area contributed by atoms with Gasteiger partial charge in [-0.15, -0.1) is 5.10 Å². The molecule has 0 N–H and O–H groups in total. The van der Waals surface area contributed by atoms with Crippen LogP contribution in [0.5, 0.6) is 5.88 Å². The zero-order chi connectivity index (χ0) is 18.1. The smallest absolute Gasteiger partial charge is 0.232 e. The molecule has 7 heteroatoms. The Hall–Kier alpha value is -2.41. The van der Waals surface area contributed by atoms with Gasteiger partial charge in [-0.2, -0.15) is 0 Å². The molecule has 0 unspecified atom stereocenters. The number of benzene rings is 1. The van der Waals surface area contributed by atoms with Crippen molar-refractivity contribution < 1.29 is 13.2 Å². The fourth-order valence-electron chi connectivity index (χ4n) is 3.34. The largest absolute Gasteiger partial charge is 0.473 e. The zero-order valence-corrected chi connectivity index (χ0v) is 15.4. The predicted octanol–water partition coefficient (Wildman–Crippen LogP) is 3.51. The Morgan fingerprint density at radius 1 is 1.04 bits per heavy atom. The highest BCUT2D eigenvalue weighted by molar-refractivity contribution is 7.90. The Morgan fingerprint density at radius 2 is 1.77 bits per heavy atom. The summed E-state index contributed by atoms with van der Waals surface area (Å²) in [7, 11) is -3.21. The Labute approximate surface area is 152 Å². The number of sulfone groups is 1. The van der Waals surface area contributed by atoms with Gasteiger partial charge < -0.3 is 4.74 Å². The van der Waals surface area contributed by atoms with Crippen LogP contribution in [0.4, 0.5) is 0 Å². The number of hydrogen-bond donors (Lipinski definition) is 0. The zero-order valence-electron chi connectivity index (χ0n) is 14.6. The van der Waals surface area contributed by atoms with Gasteiger partial charge in [-0.1, -0.05) is 18.6 Å². The minimum Gasteiger partial charge on any atom is -0.473 e. The van der Waals surface area contributed by atoms with Crippen LogP contribution in [0.1, 0.15) is 32.1 Å². The molecule has 1 fully saturated rings. The van der Waals surface area contributed by atoms with Gasteiger partial charge in [0.1, 0.15) is 6.10 Å². The molecule has 4 rings (SSSR count). The lowest BCUT2D eigenvalue weighted by Gasteiger charge is -2.22. The molecular formula is C19H21N3O3S. The standard InChI is InChI=1S/C19H21N3O3S/c1-26(23,24)16-9-7-14(8-10-16)17-13-20-18-11-12-19(21-22(17)18)25-15-5-3-2-4-6-15/h7-13,15H,2-6H2,1H3. The monoisotopic (exact) mass is 371 g/mol. The molecule has 6 nitrogen and oxygen atoms in total. The van der Waals surface area contributed by atoms with E-state index in [0.717, 1.165) is 29.7 Å². The molecule has 0 radical (unpaired) electrons. The van der Waals surface area contributed by atoms with Crippen molar-refractivity contribution in [1.29, 1.82) is 0 Å². The predicted molar refractivity (Wildman–Crippen MR) is 99.0 cm³/mol. The van der Waals surface area contributed by atoms with Gasteiger partial charge in [0.25, 0.3) is 0 Å². The van der Waals surface area contributed by atoms with E-state index in [9.17, 15) is 8.42 Å². The fraction of sp³-hybridized carbons (Fsp3) is 0.368. The quantitative estimate of drug-likeness (QED) is 0.702. The van der Waals surface area contributed by atoms with Crippen molar-refractivity contribution in [2.24, 2.45) is 0 Å². The second kappa shape index (κ2) is 6.72. The lowest BCUT2D eigenvalue weighted by atomic mass is 9.98. The van der Waals surface area contributed by atoms with Crippen LogP contribution < -0.4 is 4.74 Å². The normalized spacial score (nSPS) is 16.0. The Balaban J connectivity index is 1.66. The van der Waals surface area contributed by atoms with Crippen molar-refractivity contribution in [1.82, 2.24) is 14.6 Å². The van der Waals surface area contributed by atoms with Gasteiger partial charge in [-0.25, -0.2) is 17.9 Å².